The lowest BCUT2D eigenvalue weighted by Crippen LogP contribution is -2.29. The average molecular weight is 464 g/mol. The monoisotopic (exact) mass is 464 g/mol. The van der Waals surface area contributed by atoms with Crippen LogP contribution in [-0.2, 0) is 6.18 Å². The number of anilines is 2. The van der Waals surface area contributed by atoms with Gasteiger partial charge in [-0.05, 0) is 42.8 Å². The summed E-state index contributed by atoms with van der Waals surface area (Å²) < 4.78 is 40.0. The van der Waals surface area contributed by atoms with Gasteiger partial charge in [0, 0.05) is 17.1 Å². The van der Waals surface area contributed by atoms with Crippen molar-refractivity contribution in [2.45, 2.75) is 13.1 Å². The Morgan fingerprint density at radius 3 is 2.29 bits per heavy atom. The highest BCUT2D eigenvalue weighted by Crippen LogP contribution is 2.33. The van der Waals surface area contributed by atoms with Crippen molar-refractivity contribution in [2.24, 2.45) is 0 Å². The number of alkyl halides is 3. The molecule has 3 aromatic carbocycles. The predicted octanol–water partition coefficient (Wildman–Crippen LogP) is 5.57. The first-order valence-corrected chi connectivity index (χ1v) is 10.2. The molecule has 34 heavy (non-hydrogen) atoms. The molecule has 0 bridgehead atoms. The van der Waals surface area contributed by atoms with E-state index in [9.17, 15) is 22.8 Å². The molecule has 0 aliphatic carbocycles. The second-order valence-electron chi connectivity index (χ2n) is 7.46. The van der Waals surface area contributed by atoms with Crippen LogP contribution in [0.2, 0.25) is 0 Å². The van der Waals surface area contributed by atoms with Gasteiger partial charge in [-0.25, -0.2) is 0 Å². The second kappa shape index (κ2) is 9.22. The summed E-state index contributed by atoms with van der Waals surface area (Å²) in [6.45, 7) is 1.79. The van der Waals surface area contributed by atoms with E-state index in [0.717, 1.165) is 12.1 Å². The number of pyridine rings is 1. The number of carbonyl (C=O) groups is 2. The Labute approximate surface area is 192 Å². The fourth-order valence-corrected chi connectivity index (χ4v) is 3.49. The molecule has 0 saturated carbocycles. The molecule has 1 heterocycles. The van der Waals surface area contributed by atoms with Crippen molar-refractivity contribution in [3.05, 3.63) is 101 Å². The number of aryl methyl sites for hydroxylation is 1. The van der Waals surface area contributed by atoms with Crippen LogP contribution in [0.15, 0.2) is 79.0 Å². The molecule has 4 aromatic rings. The molecule has 0 radical (unpaired) electrons. The highest BCUT2D eigenvalue weighted by atomic mass is 19.4. The van der Waals surface area contributed by atoms with E-state index >= 15 is 0 Å². The van der Waals surface area contributed by atoms with Crippen LogP contribution in [0.3, 0.4) is 0 Å². The van der Waals surface area contributed by atoms with Crippen molar-refractivity contribution < 1.29 is 22.8 Å². The normalized spacial score (nSPS) is 11.2. The number of nitrogens with zero attached hydrogens (tertiary/aromatic N) is 1. The topological polar surface area (TPSA) is 83.1 Å². The highest BCUT2D eigenvalue weighted by Gasteiger charge is 2.35. The molecule has 0 atom stereocenters. The second-order valence-corrected chi connectivity index (χ2v) is 7.46. The SMILES string of the molecule is Cc1cnc2c(NC(=O)c3ccccc3C(F)(F)F)cccc2c1NNC(=O)c1ccccc1. The van der Waals surface area contributed by atoms with E-state index in [2.05, 4.69) is 21.2 Å². The molecular formula is C25H19F3N4O2. The van der Waals surface area contributed by atoms with Crippen LogP contribution >= 0.6 is 0 Å². The van der Waals surface area contributed by atoms with Gasteiger partial charge in [-0.3, -0.25) is 25.4 Å². The van der Waals surface area contributed by atoms with Crippen LogP contribution in [0.4, 0.5) is 24.5 Å². The molecular weight excluding hydrogens is 445 g/mol. The summed E-state index contributed by atoms with van der Waals surface area (Å²) >= 11 is 0. The van der Waals surface area contributed by atoms with Gasteiger partial charge in [0.25, 0.3) is 11.8 Å². The van der Waals surface area contributed by atoms with Gasteiger partial charge < -0.3 is 5.32 Å². The molecule has 4 rings (SSSR count). The van der Waals surface area contributed by atoms with Gasteiger partial charge in [-0.1, -0.05) is 42.5 Å². The minimum Gasteiger partial charge on any atom is -0.320 e. The third kappa shape index (κ3) is 4.68. The zero-order valence-electron chi connectivity index (χ0n) is 17.9. The highest BCUT2D eigenvalue weighted by molar-refractivity contribution is 6.10. The first-order valence-electron chi connectivity index (χ1n) is 10.2. The number of rotatable bonds is 5. The number of para-hydroxylation sites is 1. The standard InChI is InChI=1S/C25H19F3N4O2/c1-15-14-29-22-18(21(15)31-32-23(33)16-8-3-2-4-9-16)11-7-13-20(22)30-24(34)17-10-5-6-12-19(17)25(26,27)28/h2-14H,1H3,(H,29,31)(H,30,34)(H,32,33). The summed E-state index contributed by atoms with van der Waals surface area (Å²) in [5, 5.41) is 3.10. The van der Waals surface area contributed by atoms with Crippen LogP contribution in [0, 0.1) is 6.92 Å². The number of hydrazine groups is 1. The summed E-state index contributed by atoms with van der Waals surface area (Å²) in [7, 11) is 0. The van der Waals surface area contributed by atoms with E-state index in [0.29, 0.717) is 27.7 Å². The van der Waals surface area contributed by atoms with Crippen LogP contribution in [0.25, 0.3) is 10.9 Å². The largest absolute Gasteiger partial charge is 0.417 e. The van der Waals surface area contributed by atoms with Crippen molar-refractivity contribution in [2.75, 3.05) is 10.7 Å². The lowest BCUT2D eigenvalue weighted by molar-refractivity contribution is -0.137. The van der Waals surface area contributed by atoms with E-state index in [1.165, 1.54) is 12.1 Å². The lowest BCUT2D eigenvalue weighted by atomic mass is 10.1. The Hall–Kier alpha value is -4.40. The molecule has 1 aromatic heterocycles. The number of aromatic nitrogens is 1. The maximum Gasteiger partial charge on any atom is 0.417 e. The Kier molecular flexibility index (Phi) is 6.18. The van der Waals surface area contributed by atoms with Gasteiger partial charge in [-0.15, -0.1) is 0 Å². The van der Waals surface area contributed by atoms with Crippen molar-refractivity contribution in [1.29, 1.82) is 0 Å². The molecule has 0 aliphatic rings. The summed E-state index contributed by atoms with van der Waals surface area (Å²) in [5.74, 6) is -1.26. The first kappa shape index (κ1) is 22.8. The third-order valence-corrected chi connectivity index (χ3v) is 5.15. The van der Waals surface area contributed by atoms with E-state index in [1.807, 2.05) is 0 Å². The Bertz CT molecular complexity index is 1370. The van der Waals surface area contributed by atoms with Gasteiger partial charge in [0.15, 0.2) is 0 Å². The zero-order chi connectivity index (χ0) is 24.3. The van der Waals surface area contributed by atoms with Gasteiger partial charge in [-0.2, -0.15) is 13.2 Å². The molecule has 3 N–H and O–H groups in total. The van der Waals surface area contributed by atoms with Crippen LogP contribution < -0.4 is 16.2 Å². The fourth-order valence-electron chi connectivity index (χ4n) is 3.49. The van der Waals surface area contributed by atoms with Crippen LogP contribution in [0.1, 0.15) is 31.8 Å². The molecule has 0 fully saturated rings. The van der Waals surface area contributed by atoms with E-state index < -0.39 is 23.2 Å². The van der Waals surface area contributed by atoms with Gasteiger partial charge in [0.05, 0.1) is 28.0 Å². The maximum atomic E-state index is 13.3. The van der Waals surface area contributed by atoms with E-state index in [1.54, 1.807) is 61.7 Å². The number of nitrogens with one attached hydrogen (secondary N) is 3. The maximum absolute atomic E-state index is 13.3. The number of carbonyl (C=O) groups excluding carboxylic acids is 2. The van der Waals surface area contributed by atoms with E-state index in [-0.39, 0.29) is 11.6 Å². The Morgan fingerprint density at radius 2 is 1.56 bits per heavy atom. The van der Waals surface area contributed by atoms with Crippen molar-refractivity contribution in [1.82, 2.24) is 10.4 Å². The molecule has 6 nitrogen and oxygen atoms in total. The van der Waals surface area contributed by atoms with Crippen LogP contribution in [-0.4, -0.2) is 16.8 Å². The average Bonchev–Trinajstić information content (AvgIpc) is 2.83. The first-order chi connectivity index (χ1) is 16.3. The Morgan fingerprint density at radius 1 is 0.853 bits per heavy atom. The van der Waals surface area contributed by atoms with Crippen LogP contribution in [0.5, 0.6) is 0 Å². The summed E-state index contributed by atoms with van der Waals surface area (Å²) in [4.78, 5) is 29.5. The zero-order valence-corrected chi connectivity index (χ0v) is 17.9. The third-order valence-electron chi connectivity index (χ3n) is 5.15. The minimum absolute atomic E-state index is 0.233. The fraction of sp³-hybridized carbons (Fsp3) is 0.0800. The number of halogens is 3. The Balaban J connectivity index is 1.64. The van der Waals surface area contributed by atoms with Gasteiger partial charge in [0.2, 0.25) is 0 Å². The quantitative estimate of drug-likeness (QED) is 0.337. The summed E-state index contributed by atoms with van der Waals surface area (Å²) in [6, 6.07) is 18.1. The number of hydrogen-bond acceptors (Lipinski definition) is 4. The predicted molar refractivity (Wildman–Crippen MR) is 123 cm³/mol. The minimum atomic E-state index is -4.67. The van der Waals surface area contributed by atoms with E-state index in [4.69, 9.17) is 0 Å². The summed E-state index contributed by atoms with van der Waals surface area (Å²) in [5.41, 5.74) is 6.31. The lowest BCUT2D eigenvalue weighted by Gasteiger charge is -2.16. The molecule has 172 valence electrons. The number of fused-ring (bicyclic) bond motifs is 1. The molecule has 0 aliphatic heterocycles. The molecule has 2 amide bonds. The van der Waals surface area contributed by atoms with Gasteiger partial charge in [0.1, 0.15) is 0 Å². The number of amides is 2. The van der Waals surface area contributed by atoms with Crippen molar-refractivity contribution >= 4 is 34.1 Å². The number of hydrogen-bond donors (Lipinski definition) is 3. The summed E-state index contributed by atoms with van der Waals surface area (Å²) in [6.07, 6.45) is -3.13. The van der Waals surface area contributed by atoms with Gasteiger partial charge >= 0.3 is 6.18 Å². The van der Waals surface area contributed by atoms with Crippen molar-refractivity contribution in [3.63, 3.8) is 0 Å². The number of benzene rings is 3. The van der Waals surface area contributed by atoms with Crippen molar-refractivity contribution in [3.8, 4) is 0 Å². The molecule has 0 spiro atoms. The molecule has 0 unspecified atom stereocenters. The molecule has 9 heteroatoms. The smallest absolute Gasteiger partial charge is 0.320 e. The molecule has 0 saturated heterocycles.